The highest BCUT2D eigenvalue weighted by Crippen LogP contribution is 2.45. The number of benzene rings is 1. The summed E-state index contributed by atoms with van der Waals surface area (Å²) >= 11 is 5.72. The van der Waals surface area contributed by atoms with E-state index in [4.69, 9.17) is 11.6 Å². The first-order chi connectivity index (χ1) is 9.09. The van der Waals surface area contributed by atoms with E-state index < -0.39 is 17.3 Å². The van der Waals surface area contributed by atoms with Crippen LogP contribution >= 0.6 is 11.6 Å². The van der Waals surface area contributed by atoms with Crippen molar-refractivity contribution in [1.82, 2.24) is 0 Å². The highest BCUT2D eigenvalue weighted by atomic mass is 35.5. The fraction of sp³-hybridized carbons (Fsp3) is 0.533. The lowest BCUT2D eigenvalue weighted by atomic mass is 9.74. The molecular formula is C15H17ClFNO. The van der Waals surface area contributed by atoms with Gasteiger partial charge in [-0.2, -0.15) is 5.26 Å². The Labute approximate surface area is 117 Å². The summed E-state index contributed by atoms with van der Waals surface area (Å²) in [5.74, 6) is -0.543. The normalized spacial score (nSPS) is 20.3. The van der Waals surface area contributed by atoms with Gasteiger partial charge in [-0.3, -0.25) is 0 Å². The summed E-state index contributed by atoms with van der Waals surface area (Å²) in [6, 6.07) is 6.46. The first-order valence-corrected chi connectivity index (χ1v) is 7.01. The van der Waals surface area contributed by atoms with Crippen LogP contribution in [0.2, 0.25) is 5.02 Å². The zero-order valence-corrected chi connectivity index (χ0v) is 11.5. The third kappa shape index (κ3) is 2.91. The molecule has 0 amide bonds. The minimum Gasteiger partial charge on any atom is -0.387 e. The van der Waals surface area contributed by atoms with Crippen molar-refractivity contribution in [3.05, 3.63) is 34.6 Å². The highest BCUT2D eigenvalue weighted by Gasteiger charge is 2.40. The van der Waals surface area contributed by atoms with E-state index in [1.165, 1.54) is 12.1 Å². The molecule has 0 heterocycles. The zero-order valence-electron chi connectivity index (χ0n) is 10.7. The summed E-state index contributed by atoms with van der Waals surface area (Å²) in [7, 11) is 0. The van der Waals surface area contributed by atoms with Crippen molar-refractivity contribution in [3.63, 3.8) is 0 Å². The van der Waals surface area contributed by atoms with Crippen LogP contribution in [0.3, 0.4) is 0 Å². The van der Waals surface area contributed by atoms with E-state index in [0.29, 0.717) is 17.9 Å². The quantitative estimate of drug-likeness (QED) is 0.818. The number of hydrogen-bond donors (Lipinski definition) is 1. The number of nitrogens with zero attached hydrogens (tertiary/aromatic N) is 1. The summed E-state index contributed by atoms with van der Waals surface area (Å²) in [5.41, 5.74) is -0.696. The van der Waals surface area contributed by atoms with E-state index >= 15 is 0 Å². The standard InChI is InChI=1S/C15H17ClFNO/c16-11-5-6-12(13(17)9-11)14(19)15(10-18)7-3-1-2-4-8-15/h5-6,9,14,19H,1-4,7-8H2. The van der Waals surface area contributed by atoms with E-state index in [2.05, 4.69) is 6.07 Å². The molecule has 19 heavy (non-hydrogen) atoms. The molecule has 0 saturated heterocycles. The van der Waals surface area contributed by atoms with Gasteiger partial charge in [0.15, 0.2) is 0 Å². The molecule has 1 aliphatic carbocycles. The van der Waals surface area contributed by atoms with Crippen LogP contribution < -0.4 is 0 Å². The van der Waals surface area contributed by atoms with Gasteiger partial charge in [-0.25, -0.2) is 4.39 Å². The zero-order chi connectivity index (χ0) is 13.9. The second-order valence-electron chi connectivity index (χ2n) is 5.25. The minimum absolute atomic E-state index is 0.174. The smallest absolute Gasteiger partial charge is 0.130 e. The van der Waals surface area contributed by atoms with Crippen LogP contribution in [0.1, 0.15) is 50.2 Å². The van der Waals surface area contributed by atoms with Gasteiger partial charge in [-0.05, 0) is 25.0 Å². The van der Waals surface area contributed by atoms with Crippen LogP contribution in [-0.4, -0.2) is 5.11 Å². The van der Waals surface area contributed by atoms with E-state index in [0.717, 1.165) is 25.7 Å². The second kappa shape index (κ2) is 5.90. The molecule has 4 heteroatoms. The third-order valence-corrected chi connectivity index (χ3v) is 4.23. The summed E-state index contributed by atoms with van der Waals surface area (Å²) in [6.07, 6.45) is 4.09. The van der Waals surface area contributed by atoms with Gasteiger partial charge in [-0.15, -0.1) is 0 Å². The number of aliphatic hydroxyl groups excluding tert-OH is 1. The van der Waals surface area contributed by atoms with Gasteiger partial charge in [0.1, 0.15) is 11.9 Å². The van der Waals surface area contributed by atoms with Gasteiger partial charge < -0.3 is 5.11 Å². The van der Waals surface area contributed by atoms with Crippen molar-refractivity contribution in [3.8, 4) is 6.07 Å². The van der Waals surface area contributed by atoms with Crippen LogP contribution in [0.15, 0.2) is 18.2 Å². The Bertz CT molecular complexity index is 489. The summed E-state index contributed by atoms with van der Waals surface area (Å²) in [4.78, 5) is 0. The maximum Gasteiger partial charge on any atom is 0.130 e. The Morgan fingerprint density at radius 1 is 1.26 bits per heavy atom. The maximum absolute atomic E-state index is 13.9. The number of rotatable bonds is 2. The molecule has 0 bridgehead atoms. The number of hydrogen-bond acceptors (Lipinski definition) is 2. The lowest BCUT2D eigenvalue weighted by Crippen LogP contribution is -2.27. The van der Waals surface area contributed by atoms with Gasteiger partial charge in [0, 0.05) is 10.6 Å². The molecule has 102 valence electrons. The SMILES string of the molecule is N#CC1(C(O)c2ccc(Cl)cc2F)CCCCCC1. The molecule has 0 spiro atoms. The second-order valence-corrected chi connectivity index (χ2v) is 5.69. The molecule has 1 aromatic carbocycles. The summed E-state index contributed by atoms with van der Waals surface area (Å²) in [6.45, 7) is 0. The predicted molar refractivity (Wildman–Crippen MR) is 72.1 cm³/mol. The Hall–Kier alpha value is -1.11. The summed E-state index contributed by atoms with van der Waals surface area (Å²) in [5, 5.41) is 20.3. The molecule has 0 aliphatic heterocycles. The third-order valence-electron chi connectivity index (χ3n) is 4.00. The largest absolute Gasteiger partial charge is 0.387 e. The van der Waals surface area contributed by atoms with Crippen molar-refractivity contribution >= 4 is 11.6 Å². The number of halogens is 2. The van der Waals surface area contributed by atoms with Crippen LogP contribution in [-0.2, 0) is 0 Å². The van der Waals surface area contributed by atoms with Crippen molar-refractivity contribution in [2.75, 3.05) is 0 Å². The number of aliphatic hydroxyl groups is 1. The highest BCUT2D eigenvalue weighted by molar-refractivity contribution is 6.30. The van der Waals surface area contributed by atoms with Crippen molar-refractivity contribution < 1.29 is 9.50 Å². The Kier molecular flexibility index (Phi) is 4.44. The van der Waals surface area contributed by atoms with Gasteiger partial charge in [0.05, 0.1) is 11.5 Å². The Morgan fingerprint density at radius 2 is 1.89 bits per heavy atom. The monoisotopic (exact) mass is 281 g/mol. The van der Waals surface area contributed by atoms with Crippen molar-refractivity contribution in [1.29, 1.82) is 5.26 Å². The Morgan fingerprint density at radius 3 is 2.42 bits per heavy atom. The number of nitriles is 1. The van der Waals surface area contributed by atoms with E-state index in [1.54, 1.807) is 6.07 Å². The van der Waals surface area contributed by atoms with Gasteiger partial charge in [0.25, 0.3) is 0 Å². The molecule has 2 rings (SSSR count). The molecule has 2 nitrogen and oxygen atoms in total. The minimum atomic E-state index is -1.09. The van der Waals surface area contributed by atoms with Crippen molar-refractivity contribution in [2.24, 2.45) is 5.41 Å². The predicted octanol–water partition coefficient (Wildman–Crippen LogP) is 4.38. The van der Waals surface area contributed by atoms with E-state index in [-0.39, 0.29) is 5.56 Å². The first-order valence-electron chi connectivity index (χ1n) is 6.63. The lowest BCUT2D eigenvalue weighted by Gasteiger charge is -2.31. The van der Waals surface area contributed by atoms with Crippen molar-refractivity contribution in [2.45, 2.75) is 44.6 Å². The van der Waals surface area contributed by atoms with Gasteiger partial charge in [0.2, 0.25) is 0 Å². The fourth-order valence-corrected chi connectivity index (χ4v) is 2.99. The molecule has 1 fully saturated rings. The molecule has 1 atom stereocenters. The van der Waals surface area contributed by atoms with Gasteiger partial charge >= 0.3 is 0 Å². The first kappa shape index (κ1) is 14.3. The van der Waals surface area contributed by atoms with Crippen LogP contribution in [0.4, 0.5) is 4.39 Å². The fourth-order valence-electron chi connectivity index (χ4n) is 2.83. The molecule has 1 aromatic rings. The maximum atomic E-state index is 13.9. The average Bonchev–Trinajstić information content (AvgIpc) is 2.64. The van der Waals surface area contributed by atoms with Crippen LogP contribution in [0.25, 0.3) is 0 Å². The molecule has 0 aromatic heterocycles. The van der Waals surface area contributed by atoms with E-state index in [9.17, 15) is 14.8 Å². The van der Waals surface area contributed by atoms with Gasteiger partial charge in [-0.1, -0.05) is 43.4 Å². The Balaban J connectivity index is 2.34. The molecule has 0 radical (unpaired) electrons. The summed E-state index contributed by atoms with van der Waals surface area (Å²) < 4.78 is 13.9. The van der Waals surface area contributed by atoms with Crippen LogP contribution in [0.5, 0.6) is 0 Å². The molecule has 1 N–H and O–H groups in total. The average molecular weight is 282 g/mol. The van der Waals surface area contributed by atoms with Crippen LogP contribution in [0, 0.1) is 22.6 Å². The molecule has 1 unspecified atom stereocenters. The molecule has 1 aliphatic rings. The topological polar surface area (TPSA) is 44.0 Å². The van der Waals surface area contributed by atoms with E-state index in [1.807, 2.05) is 0 Å². The lowest BCUT2D eigenvalue weighted by molar-refractivity contribution is 0.0487. The molecular weight excluding hydrogens is 265 g/mol. The molecule has 1 saturated carbocycles.